The molecule has 33 heavy (non-hydrogen) atoms. The van der Waals surface area contributed by atoms with Crippen LogP contribution in [-0.2, 0) is 13.0 Å². The Bertz CT molecular complexity index is 1260. The van der Waals surface area contributed by atoms with Gasteiger partial charge in [0.1, 0.15) is 11.3 Å². The second-order valence-corrected chi connectivity index (χ2v) is 9.40. The van der Waals surface area contributed by atoms with Crippen LogP contribution in [0.3, 0.4) is 0 Å². The van der Waals surface area contributed by atoms with Gasteiger partial charge in [-0.05, 0) is 83.6 Å². The van der Waals surface area contributed by atoms with Crippen LogP contribution in [0.15, 0.2) is 53.5 Å². The minimum Gasteiger partial charge on any atom is -0.496 e. The minimum absolute atomic E-state index is 0.218. The second-order valence-electron chi connectivity index (χ2n) is 8.62. The molecule has 4 heterocycles. The van der Waals surface area contributed by atoms with E-state index in [1.807, 2.05) is 12.3 Å². The van der Waals surface area contributed by atoms with E-state index in [-0.39, 0.29) is 5.56 Å². The predicted molar refractivity (Wildman–Crippen MR) is 130 cm³/mol. The van der Waals surface area contributed by atoms with Crippen molar-refractivity contribution in [3.63, 3.8) is 0 Å². The largest absolute Gasteiger partial charge is 0.496 e. The minimum atomic E-state index is -0.959. The van der Waals surface area contributed by atoms with E-state index in [2.05, 4.69) is 44.0 Å². The van der Waals surface area contributed by atoms with Crippen molar-refractivity contribution in [1.29, 1.82) is 0 Å². The molecule has 7 heteroatoms. The van der Waals surface area contributed by atoms with E-state index in [9.17, 15) is 9.90 Å². The van der Waals surface area contributed by atoms with Gasteiger partial charge in [-0.15, -0.1) is 0 Å². The zero-order valence-electron chi connectivity index (χ0n) is 18.6. The third-order valence-electron chi connectivity index (χ3n) is 6.59. The molecule has 0 aliphatic carbocycles. The topological polar surface area (TPSA) is 78.5 Å². The molecule has 3 aromatic heterocycles. The number of aromatic nitrogens is 2. The zero-order chi connectivity index (χ0) is 22.8. The van der Waals surface area contributed by atoms with Gasteiger partial charge in [-0.3, -0.25) is 9.88 Å². The quantitative estimate of drug-likeness (QED) is 0.390. The molecule has 0 atom stereocenters. The smallest absolute Gasteiger partial charge is 0.339 e. The number of pyridine rings is 1. The number of carboxylic acid groups (broad SMARTS) is 1. The van der Waals surface area contributed by atoms with E-state index in [1.54, 1.807) is 23.5 Å². The van der Waals surface area contributed by atoms with E-state index < -0.39 is 5.97 Å². The number of aromatic amines is 1. The number of H-pyrrole nitrogens is 1. The van der Waals surface area contributed by atoms with Crippen LogP contribution in [0.25, 0.3) is 10.9 Å². The summed E-state index contributed by atoms with van der Waals surface area (Å²) in [5, 5.41) is 15.0. The Labute approximate surface area is 196 Å². The first-order valence-electron chi connectivity index (χ1n) is 11.2. The molecule has 0 radical (unpaired) electrons. The molecule has 1 aromatic carbocycles. The number of hydrogen-bond acceptors (Lipinski definition) is 5. The average Bonchev–Trinajstić information content (AvgIpc) is 3.50. The van der Waals surface area contributed by atoms with Gasteiger partial charge in [0.25, 0.3) is 0 Å². The monoisotopic (exact) mass is 461 g/mol. The van der Waals surface area contributed by atoms with Crippen molar-refractivity contribution in [3.05, 3.63) is 81.4 Å². The van der Waals surface area contributed by atoms with Crippen molar-refractivity contribution in [3.8, 4) is 5.75 Å². The van der Waals surface area contributed by atoms with Gasteiger partial charge in [0.05, 0.1) is 18.3 Å². The Morgan fingerprint density at radius 2 is 2.09 bits per heavy atom. The molecule has 0 amide bonds. The number of nitrogens with one attached hydrogen (secondary N) is 1. The van der Waals surface area contributed by atoms with Crippen LogP contribution in [0.4, 0.5) is 0 Å². The number of ether oxygens (including phenoxy) is 1. The van der Waals surface area contributed by atoms with Gasteiger partial charge in [0, 0.05) is 30.7 Å². The molecule has 1 aliphatic heterocycles. The van der Waals surface area contributed by atoms with Crippen molar-refractivity contribution in [2.24, 2.45) is 0 Å². The summed E-state index contributed by atoms with van der Waals surface area (Å²) in [5.41, 5.74) is 6.16. The van der Waals surface area contributed by atoms with Gasteiger partial charge < -0.3 is 14.8 Å². The first-order chi connectivity index (χ1) is 16.1. The van der Waals surface area contributed by atoms with Crippen molar-refractivity contribution in [2.45, 2.75) is 31.7 Å². The number of benzene rings is 1. The van der Waals surface area contributed by atoms with Gasteiger partial charge >= 0.3 is 5.97 Å². The van der Waals surface area contributed by atoms with E-state index in [4.69, 9.17) is 4.74 Å². The zero-order valence-corrected chi connectivity index (χ0v) is 19.4. The molecule has 0 spiro atoms. The number of methoxy groups -OCH3 is 1. The Hall–Kier alpha value is -3.16. The standard InChI is InChI=1S/C26H27N3O3S/c1-32-24-3-2-17(12-21(24)26(30)31)15-29-9-5-19(6-10-29)22-14-28-25-20(22)4-8-27-23(25)13-18-7-11-33-16-18/h2-4,7-8,11-12,14,16,19,28H,5-6,9-10,13,15H2,1H3,(H,30,31). The molecular weight excluding hydrogens is 434 g/mol. The summed E-state index contributed by atoms with van der Waals surface area (Å²) in [4.78, 5) is 22.1. The SMILES string of the molecule is COc1ccc(CN2CCC(c3c[nH]c4c(Cc5ccsc5)nccc34)CC2)cc1C(=O)O. The number of carboxylic acids is 1. The number of rotatable bonds is 7. The highest BCUT2D eigenvalue weighted by molar-refractivity contribution is 7.07. The van der Waals surface area contributed by atoms with Crippen LogP contribution < -0.4 is 4.74 Å². The van der Waals surface area contributed by atoms with Crippen LogP contribution in [0.1, 0.15) is 51.5 Å². The van der Waals surface area contributed by atoms with Crippen molar-refractivity contribution >= 4 is 28.2 Å². The molecule has 0 bridgehead atoms. The maximum absolute atomic E-state index is 11.5. The molecule has 1 saturated heterocycles. The normalized spacial score (nSPS) is 15.2. The highest BCUT2D eigenvalue weighted by Gasteiger charge is 2.24. The van der Waals surface area contributed by atoms with Crippen LogP contribution in [0, 0.1) is 0 Å². The molecule has 0 unspecified atom stereocenters. The van der Waals surface area contributed by atoms with Crippen molar-refractivity contribution in [2.75, 3.05) is 20.2 Å². The van der Waals surface area contributed by atoms with Gasteiger partial charge in [-0.25, -0.2) is 4.79 Å². The molecular formula is C26H27N3O3S. The Morgan fingerprint density at radius 3 is 2.82 bits per heavy atom. The van der Waals surface area contributed by atoms with Crippen LogP contribution in [0.5, 0.6) is 5.75 Å². The fourth-order valence-electron chi connectivity index (χ4n) is 4.87. The highest BCUT2D eigenvalue weighted by atomic mass is 32.1. The predicted octanol–water partition coefficient (Wildman–Crippen LogP) is 5.30. The van der Waals surface area contributed by atoms with E-state index in [0.29, 0.717) is 11.7 Å². The number of aromatic carboxylic acids is 1. The number of thiophene rings is 1. The number of carbonyl (C=O) groups is 1. The molecule has 6 nitrogen and oxygen atoms in total. The van der Waals surface area contributed by atoms with Crippen LogP contribution in [0.2, 0.25) is 0 Å². The summed E-state index contributed by atoms with van der Waals surface area (Å²) in [7, 11) is 1.50. The summed E-state index contributed by atoms with van der Waals surface area (Å²) in [5.74, 6) is -0.0476. The molecule has 170 valence electrons. The molecule has 5 rings (SSSR count). The lowest BCUT2D eigenvalue weighted by Crippen LogP contribution is -2.32. The lowest BCUT2D eigenvalue weighted by molar-refractivity contribution is 0.0693. The first kappa shape index (κ1) is 21.7. The lowest BCUT2D eigenvalue weighted by Gasteiger charge is -2.32. The fourth-order valence-corrected chi connectivity index (χ4v) is 5.54. The summed E-state index contributed by atoms with van der Waals surface area (Å²) >= 11 is 1.72. The molecule has 1 aliphatic rings. The van der Waals surface area contributed by atoms with Crippen LogP contribution in [-0.4, -0.2) is 46.1 Å². The highest BCUT2D eigenvalue weighted by Crippen LogP contribution is 2.34. The van der Waals surface area contributed by atoms with Crippen molar-refractivity contribution in [1.82, 2.24) is 14.9 Å². The second kappa shape index (κ2) is 9.37. The summed E-state index contributed by atoms with van der Waals surface area (Å²) in [6.45, 7) is 2.72. The Kier molecular flexibility index (Phi) is 6.15. The maximum atomic E-state index is 11.5. The van der Waals surface area contributed by atoms with E-state index in [0.717, 1.165) is 55.7 Å². The van der Waals surface area contributed by atoms with Gasteiger partial charge in [0.2, 0.25) is 0 Å². The summed E-state index contributed by atoms with van der Waals surface area (Å²) in [6.07, 6.45) is 7.11. The molecule has 1 fully saturated rings. The average molecular weight is 462 g/mol. The third-order valence-corrected chi connectivity index (χ3v) is 7.32. The van der Waals surface area contributed by atoms with Crippen LogP contribution >= 0.6 is 11.3 Å². The van der Waals surface area contributed by atoms with Gasteiger partial charge in [0.15, 0.2) is 0 Å². The Morgan fingerprint density at radius 1 is 1.24 bits per heavy atom. The summed E-state index contributed by atoms with van der Waals surface area (Å²) in [6, 6.07) is 9.73. The Balaban J connectivity index is 1.27. The van der Waals surface area contributed by atoms with Crippen molar-refractivity contribution < 1.29 is 14.6 Å². The number of likely N-dealkylation sites (tertiary alicyclic amines) is 1. The number of piperidine rings is 1. The number of nitrogens with zero attached hydrogens (tertiary/aromatic N) is 2. The van der Waals surface area contributed by atoms with Gasteiger partial charge in [-0.1, -0.05) is 6.07 Å². The third kappa shape index (κ3) is 4.51. The number of fused-ring (bicyclic) bond motifs is 1. The number of hydrogen-bond donors (Lipinski definition) is 2. The van der Waals surface area contributed by atoms with E-state index >= 15 is 0 Å². The molecule has 4 aromatic rings. The fraction of sp³-hybridized carbons (Fsp3) is 0.308. The van der Waals surface area contributed by atoms with E-state index in [1.165, 1.54) is 23.6 Å². The van der Waals surface area contributed by atoms with Gasteiger partial charge in [-0.2, -0.15) is 11.3 Å². The molecule has 2 N–H and O–H groups in total. The maximum Gasteiger partial charge on any atom is 0.339 e. The first-order valence-corrected chi connectivity index (χ1v) is 12.1. The molecule has 0 saturated carbocycles. The summed E-state index contributed by atoms with van der Waals surface area (Å²) < 4.78 is 5.18. The lowest BCUT2D eigenvalue weighted by atomic mass is 9.89.